The van der Waals surface area contributed by atoms with Crippen LogP contribution in [0.5, 0.6) is 0 Å². The molecule has 0 radical (unpaired) electrons. The van der Waals surface area contributed by atoms with E-state index in [-0.39, 0.29) is 0 Å². The van der Waals surface area contributed by atoms with Crippen LogP contribution >= 0.6 is 0 Å². The molecule has 0 amide bonds. The third-order valence-corrected chi connectivity index (χ3v) is 2.93. The molecule has 15 heavy (non-hydrogen) atoms. The summed E-state index contributed by atoms with van der Waals surface area (Å²) in [5.41, 5.74) is 0. The zero-order valence-electron chi connectivity index (χ0n) is 11.1. The molecule has 0 rings (SSSR count). The highest BCUT2D eigenvalue weighted by Crippen LogP contribution is 2.11. The molecular formula is C13H28N2. The minimum Gasteiger partial charge on any atom is -0.312 e. The SMILES string of the molecule is C=CCNCC(C)N(C)C(C)CC(C)C. The molecule has 0 aliphatic heterocycles. The van der Waals surface area contributed by atoms with E-state index in [4.69, 9.17) is 0 Å². The van der Waals surface area contributed by atoms with Gasteiger partial charge in [0, 0.05) is 25.2 Å². The summed E-state index contributed by atoms with van der Waals surface area (Å²) in [4.78, 5) is 2.45. The Morgan fingerprint density at radius 1 is 1.20 bits per heavy atom. The quantitative estimate of drug-likeness (QED) is 0.491. The standard InChI is InChI=1S/C13H28N2/c1-7-8-14-10-13(5)15(6)12(4)9-11(2)3/h7,11-14H,1,8-10H2,2-6H3. The summed E-state index contributed by atoms with van der Waals surface area (Å²) in [6.07, 6.45) is 3.17. The molecule has 0 aliphatic rings. The molecule has 0 bridgehead atoms. The fraction of sp³-hybridized carbons (Fsp3) is 0.846. The molecule has 0 saturated carbocycles. The number of rotatable bonds is 8. The van der Waals surface area contributed by atoms with Crippen molar-refractivity contribution in [1.82, 2.24) is 10.2 Å². The Labute approximate surface area is 95.7 Å². The van der Waals surface area contributed by atoms with Crippen LogP contribution in [0.1, 0.15) is 34.1 Å². The van der Waals surface area contributed by atoms with Crippen LogP contribution in [0.25, 0.3) is 0 Å². The summed E-state index contributed by atoms with van der Waals surface area (Å²) in [5.74, 6) is 0.774. The van der Waals surface area contributed by atoms with Crippen LogP contribution in [-0.2, 0) is 0 Å². The van der Waals surface area contributed by atoms with Gasteiger partial charge in [-0.05, 0) is 33.2 Å². The number of nitrogens with zero attached hydrogens (tertiary/aromatic N) is 1. The molecule has 0 aromatic rings. The maximum atomic E-state index is 3.70. The molecule has 0 aromatic carbocycles. The van der Waals surface area contributed by atoms with Crippen molar-refractivity contribution >= 4 is 0 Å². The van der Waals surface area contributed by atoms with E-state index in [1.165, 1.54) is 6.42 Å². The van der Waals surface area contributed by atoms with Gasteiger partial charge < -0.3 is 5.32 Å². The first-order chi connectivity index (χ1) is 6.99. The fourth-order valence-corrected chi connectivity index (χ4v) is 1.82. The third kappa shape index (κ3) is 6.69. The topological polar surface area (TPSA) is 15.3 Å². The van der Waals surface area contributed by atoms with E-state index >= 15 is 0 Å². The Bertz CT molecular complexity index is 166. The maximum Gasteiger partial charge on any atom is 0.0192 e. The predicted octanol–water partition coefficient (Wildman–Crippen LogP) is 2.52. The van der Waals surface area contributed by atoms with Gasteiger partial charge in [-0.15, -0.1) is 6.58 Å². The highest BCUT2D eigenvalue weighted by atomic mass is 15.2. The van der Waals surface area contributed by atoms with Crippen LogP contribution in [0.15, 0.2) is 12.7 Å². The second-order valence-electron chi connectivity index (χ2n) is 4.94. The Kier molecular flexibility index (Phi) is 7.71. The third-order valence-electron chi connectivity index (χ3n) is 2.93. The zero-order chi connectivity index (χ0) is 11.8. The Morgan fingerprint density at radius 2 is 1.80 bits per heavy atom. The molecule has 2 atom stereocenters. The molecule has 0 saturated heterocycles. The molecule has 1 N–H and O–H groups in total. The normalized spacial score (nSPS) is 15.7. The van der Waals surface area contributed by atoms with Crippen LogP contribution in [0, 0.1) is 5.92 Å². The van der Waals surface area contributed by atoms with Gasteiger partial charge in [0.15, 0.2) is 0 Å². The van der Waals surface area contributed by atoms with Gasteiger partial charge >= 0.3 is 0 Å². The molecular weight excluding hydrogens is 184 g/mol. The van der Waals surface area contributed by atoms with Crippen molar-refractivity contribution < 1.29 is 0 Å². The van der Waals surface area contributed by atoms with Crippen molar-refractivity contribution in [2.45, 2.75) is 46.2 Å². The van der Waals surface area contributed by atoms with Crippen molar-refractivity contribution in [1.29, 1.82) is 0 Å². The van der Waals surface area contributed by atoms with Gasteiger partial charge in [0.05, 0.1) is 0 Å². The highest BCUT2D eigenvalue weighted by molar-refractivity contribution is 4.76. The van der Waals surface area contributed by atoms with Gasteiger partial charge in [0.25, 0.3) is 0 Å². The number of nitrogens with one attached hydrogen (secondary N) is 1. The van der Waals surface area contributed by atoms with Crippen LogP contribution in [0.3, 0.4) is 0 Å². The molecule has 0 heterocycles. The minimum absolute atomic E-state index is 0.582. The molecule has 0 spiro atoms. The highest BCUT2D eigenvalue weighted by Gasteiger charge is 2.15. The zero-order valence-corrected chi connectivity index (χ0v) is 11.1. The summed E-state index contributed by atoms with van der Waals surface area (Å²) >= 11 is 0. The second kappa shape index (κ2) is 7.89. The largest absolute Gasteiger partial charge is 0.312 e. The minimum atomic E-state index is 0.582. The van der Waals surface area contributed by atoms with Crippen LogP contribution < -0.4 is 5.32 Å². The van der Waals surface area contributed by atoms with E-state index in [9.17, 15) is 0 Å². The maximum absolute atomic E-state index is 3.70. The van der Waals surface area contributed by atoms with E-state index in [0.717, 1.165) is 19.0 Å². The van der Waals surface area contributed by atoms with Gasteiger partial charge in [-0.2, -0.15) is 0 Å². The smallest absolute Gasteiger partial charge is 0.0192 e. The van der Waals surface area contributed by atoms with Gasteiger partial charge in [0.2, 0.25) is 0 Å². The summed E-state index contributed by atoms with van der Waals surface area (Å²) < 4.78 is 0. The van der Waals surface area contributed by atoms with Crippen molar-refractivity contribution in [3.05, 3.63) is 12.7 Å². The van der Waals surface area contributed by atoms with E-state index in [0.29, 0.717) is 12.1 Å². The Balaban J connectivity index is 3.84. The first-order valence-corrected chi connectivity index (χ1v) is 6.02. The Hall–Kier alpha value is -0.340. The molecule has 2 unspecified atom stereocenters. The van der Waals surface area contributed by atoms with Gasteiger partial charge in [-0.3, -0.25) is 4.90 Å². The lowest BCUT2D eigenvalue weighted by Crippen LogP contribution is -2.43. The van der Waals surface area contributed by atoms with Gasteiger partial charge in [0.1, 0.15) is 0 Å². The van der Waals surface area contributed by atoms with Crippen LogP contribution in [0.2, 0.25) is 0 Å². The van der Waals surface area contributed by atoms with E-state index in [1.807, 2.05) is 6.08 Å². The summed E-state index contributed by atoms with van der Waals surface area (Å²) in [6.45, 7) is 14.8. The monoisotopic (exact) mass is 212 g/mol. The first kappa shape index (κ1) is 14.7. The van der Waals surface area contributed by atoms with E-state index in [2.05, 4.69) is 51.5 Å². The fourth-order valence-electron chi connectivity index (χ4n) is 1.82. The molecule has 0 aliphatic carbocycles. The molecule has 2 nitrogen and oxygen atoms in total. The lowest BCUT2D eigenvalue weighted by Gasteiger charge is -2.32. The first-order valence-electron chi connectivity index (χ1n) is 6.02. The number of hydrogen-bond donors (Lipinski definition) is 1. The van der Waals surface area contributed by atoms with Crippen LogP contribution in [0.4, 0.5) is 0 Å². The van der Waals surface area contributed by atoms with E-state index < -0.39 is 0 Å². The summed E-state index contributed by atoms with van der Waals surface area (Å²) in [5, 5.41) is 3.36. The average Bonchev–Trinajstić information content (AvgIpc) is 2.15. The van der Waals surface area contributed by atoms with Gasteiger partial charge in [-0.1, -0.05) is 19.9 Å². The number of hydrogen-bond acceptors (Lipinski definition) is 2. The summed E-state index contributed by atoms with van der Waals surface area (Å²) in [6, 6.07) is 1.24. The van der Waals surface area contributed by atoms with Crippen molar-refractivity contribution in [2.24, 2.45) is 5.92 Å². The van der Waals surface area contributed by atoms with Gasteiger partial charge in [-0.25, -0.2) is 0 Å². The summed E-state index contributed by atoms with van der Waals surface area (Å²) in [7, 11) is 2.22. The molecule has 2 heteroatoms. The number of likely N-dealkylation sites (N-methyl/N-ethyl adjacent to an activating group) is 1. The van der Waals surface area contributed by atoms with E-state index in [1.54, 1.807) is 0 Å². The lowest BCUT2D eigenvalue weighted by atomic mass is 10.0. The molecule has 0 fully saturated rings. The second-order valence-corrected chi connectivity index (χ2v) is 4.94. The van der Waals surface area contributed by atoms with Crippen molar-refractivity contribution in [3.63, 3.8) is 0 Å². The molecule has 90 valence electrons. The van der Waals surface area contributed by atoms with Crippen molar-refractivity contribution in [2.75, 3.05) is 20.1 Å². The average molecular weight is 212 g/mol. The predicted molar refractivity (Wildman–Crippen MR) is 69.2 cm³/mol. The lowest BCUT2D eigenvalue weighted by molar-refractivity contribution is 0.173. The molecule has 0 aromatic heterocycles. The Morgan fingerprint density at radius 3 is 2.27 bits per heavy atom. The van der Waals surface area contributed by atoms with Crippen LogP contribution in [-0.4, -0.2) is 37.1 Å². The van der Waals surface area contributed by atoms with Crippen molar-refractivity contribution in [3.8, 4) is 0 Å².